The smallest absolute Gasteiger partial charge is 0.387 e. The molecular weight excluding hydrogens is 523 g/mol. The highest BCUT2D eigenvalue weighted by Crippen LogP contribution is 2.80. The van der Waals surface area contributed by atoms with E-state index in [2.05, 4.69) is 17.9 Å². The molecule has 0 spiro atoms. The first-order valence-corrected chi connectivity index (χ1v) is 13.7. The van der Waals surface area contributed by atoms with Crippen molar-refractivity contribution < 1.29 is 55.9 Å². The van der Waals surface area contributed by atoms with Gasteiger partial charge in [0.15, 0.2) is 6.23 Å². The molecule has 1 aromatic carbocycles. The van der Waals surface area contributed by atoms with E-state index in [1.807, 2.05) is 0 Å². The van der Waals surface area contributed by atoms with Crippen molar-refractivity contribution in [2.24, 2.45) is 0 Å². The van der Waals surface area contributed by atoms with Gasteiger partial charge < -0.3 is 30.5 Å². The van der Waals surface area contributed by atoms with Gasteiger partial charge in [-0.25, -0.2) is 18.5 Å². The second-order valence-corrected chi connectivity index (χ2v) is 12.1. The van der Waals surface area contributed by atoms with Crippen molar-refractivity contribution in [3.63, 3.8) is 0 Å². The Morgan fingerprint density at radius 2 is 1.65 bits per heavy atom. The number of hydrogen-bond acceptors (Lipinski definition) is 13. The summed E-state index contributed by atoms with van der Waals surface area (Å²) in [4.78, 5) is 34.7. The van der Waals surface area contributed by atoms with Crippen molar-refractivity contribution in [3.05, 3.63) is 47.0 Å². The maximum Gasteiger partial charge on any atom is 0.492 e. The molecule has 34 heavy (non-hydrogen) atoms. The SMILES string of the molecule is Nc1nc(=O)n([C@@H]2O[C@H](COP3(=O)OP(=O)(O)OP(=O)(O)O3)[C@H](O)C2O)cc1-c1ccccc1. The van der Waals surface area contributed by atoms with Crippen LogP contribution in [0.2, 0.25) is 0 Å². The zero-order valence-electron chi connectivity index (χ0n) is 16.8. The number of aromatic nitrogens is 2. The maximum absolute atomic E-state index is 12.4. The Morgan fingerprint density at radius 3 is 2.26 bits per heavy atom. The fraction of sp³-hybridized carbons (Fsp3) is 0.333. The molecule has 2 aliphatic rings. The number of hydrogen-bond donors (Lipinski definition) is 5. The maximum atomic E-state index is 12.4. The second kappa shape index (κ2) is 9.03. The van der Waals surface area contributed by atoms with Gasteiger partial charge in [0, 0.05) is 11.8 Å². The van der Waals surface area contributed by atoms with Gasteiger partial charge in [0.25, 0.3) is 0 Å². The second-order valence-electron chi connectivity index (χ2n) is 7.07. The fourth-order valence-electron chi connectivity index (χ4n) is 3.24. The van der Waals surface area contributed by atoms with E-state index >= 15 is 0 Å². The standard InChI is InChI=1S/C15H18N3O13P3/c16-13-9(8-4-2-1-3-5-8)6-18(15(21)17-13)14-12(20)11(19)10(28-14)7-27-34(26)30-32(22,23)29-33(24,25)31-34/h1-6,10-12,14,19-20H,7H2,(H,22,23)(H,24,25)(H2,16,17,21)/t10-,11+,12?,14-/m1/s1. The summed E-state index contributed by atoms with van der Waals surface area (Å²) in [6.07, 6.45) is -5.19. The predicted molar refractivity (Wildman–Crippen MR) is 111 cm³/mol. The number of benzene rings is 1. The lowest BCUT2D eigenvalue weighted by Crippen LogP contribution is -2.36. The topological polar surface area (TPSA) is 239 Å². The Hall–Kier alpha value is -1.77. The lowest BCUT2D eigenvalue weighted by molar-refractivity contribution is -0.0544. The molecule has 3 unspecified atom stereocenters. The fourth-order valence-corrected chi connectivity index (χ4v) is 8.17. The molecule has 186 valence electrons. The summed E-state index contributed by atoms with van der Waals surface area (Å²) in [6.45, 7) is -0.922. The van der Waals surface area contributed by atoms with Crippen LogP contribution in [0, 0.1) is 0 Å². The Morgan fingerprint density at radius 1 is 1.03 bits per heavy atom. The molecule has 1 aromatic heterocycles. The molecular formula is C15H18N3O13P3. The molecule has 0 radical (unpaired) electrons. The number of aliphatic hydroxyl groups excluding tert-OH is 2. The summed E-state index contributed by atoms with van der Waals surface area (Å²) in [5, 5.41) is 20.8. The van der Waals surface area contributed by atoms with Crippen LogP contribution in [0.3, 0.4) is 0 Å². The summed E-state index contributed by atoms with van der Waals surface area (Å²) >= 11 is 0. The van der Waals surface area contributed by atoms with Gasteiger partial charge in [-0.1, -0.05) is 30.3 Å². The third-order valence-electron chi connectivity index (χ3n) is 4.69. The minimum atomic E-state index is -5.27. The Kier molecular flexibility index (Phi) is 6.72. The molecule has 0 amide bonds. The van der Waals surface area contributed by atoms with Crippen molar-refractivity contribution in [2.45, 2.75) is 24.5 Å². The first-order chi connectivity index (χ1) is 15.8. The molecule has 0 saturated carbocycles. The molecule has 4 rings (SSSR count). The van der Waals surface area contributed by atoms with Gasteiger partial charge in [0.2, 0.25) is 0 Å². The molecule has 0 bridgehead atoms. The quantitative estimate of drug-likeness (QED) is 0.324. The van der Waals surface area contributed by atoms with E-state index in [9.17, 15) is 38.5 Å². The highest BCUT2D eigenvalue weighted by molar-refractivity contribution is 7.74. The molecule has 6 atom stereocenters. The molecule has 2 saturated heterocycles. The van der Waals surface area contributed by atoms with E-state index in [4.69, 9.17) is 15.0 Å². The molecule has 2 aromatic rings. The lowest BCUT2D eigenvalue weighted by Gasteiger charge is -2.27. The summed E-state index contributed by atoms with van der Waals surface area (Å²) in [5.41, 5.74) is 5.86. The van der Waals surface area contributed by atoms with Crippen LogP contribution < -0.4 is 11.4 Å². The van der Waals surface area contributed by atoms with Gasteiger partial charge in [0.1, 0.15) is 24.1 Å². The summed E-state index contributed by atoms with van der Waals surface area (Å²) in [6, 6.07) is 8.61. The van der Waals surface area contributed by atoms with Crippen LogP contribution in [0.15, 0.2) is 41.3 Å². The Labute approximate surface area is 190 Å². The molecule has 2 fully saturated rings. The molecule has 16 nitrogen and oxygen atoms in total. The number of rotatable bonds is 5. The van der Waals surface area contributed by atoms with E-state index < -0.39 is 60.3 Å². The van der Waals surface area contributed by atoms with Crippen molar-refractivity contribution >= 4 is 29.3 Å². The zero-order valence-corrected chi connectivity index (χ0v) is 19.4. The van der Waals surface area contributed by atoms with Gasteiger partial charge in [-0.15, -0.1) is 0 Å². The number of nitrogen functional groups attached to an aromatic ring is 1. The molecule has 6 N–H and O–H groups in total. The van der Waals surface area contributed by atoms with E-state index in [0.29, 0.717) is 11.1 Å². The first-order valence-electron chi connectivity index (χ1n) is 9.29. The highest BCUT2D eigenvalue weighted by Gasteiger charge is 2.55. The van der Waals surface area contributed by atoms with Crippen molar-refractivity contribution in [2.75, 3.05) is 12.3 Å². The van der Waals surface area contributed by atoms with Gasteiger partial charge in [0.05, 0.1) is 6.61 Å². The van der Waals surface area contributed by atoms with Crippen LogP contribution in [0.25, 0.3) is 11.1 Å². The van der Waals surface area contributed by atoms with Crippen molar-refractivity contribution in [3.8, 4) is 11.1 Å². The van der Waals surface area contributed by atoms with Crippen molar-refractivity contribution in [1.29, 1.82) is 0 Å². The molecule has 3 heterocycles. The number of phosphoric acid groups is 3. The van der Waals surface area contributed by atoms with Crippen LogP contribution in [0.1, 0.15) is 6.23 Å². The number of aliphatic hydroxyl groups is 2. The lowest BCUT2D eigenvalue weighted by atomic mass is 10.1. The van der Waals surface area contributed by atoms with Crippen LogP contribution in [0.5, 0.6) is 0 Å². The molecule has 19 heteroatoms. The normalized spacial score (nSPS) is 38.1. The van der Waals surface area contributed by atoms with E-state index in [1.54, 1.807) is 30.3 Å². The monoisotopic (exact) mass is 541 g/mol. The summed E-state index contributed by atoms with van der Waals surface area (Å²) in [7, 11) is -15.7. The van der Waals surface area contributed by atoms with Gasteiger partial charge >= 0.3 is 29.2 Å². The van der Waals surface area contributed by atoms with Gasteiger partial charge in [-0.05, 0) is 5.56 Å². The minimum Gasteiger partial charge on any atom is -0.387 e. The molecule has 0 aliphatic carbocycles. The van der Waals surface area contributed by atoms with Gasteiger partial charge in [-0.2, -0.15) is 17.9 Å². The highest BCUT2D eigenvalue weighted by atomic mass is 31.3. The summed E-state index contributed by atoms with van der Waals surface area (Å²) < 4.78 is 58.4. The zero-order chi connectivity index (χ0) is 24.9. The van der Waals surface area contributed by atoms with E-state index in [0.717, 1.165) is 4.57 Å². The average molecular weight is 541 g/mol. The van der Waals surface area contributed by atoms with Gasteiger partial charge in [-0.3, -0.25) is 9.09 Å². The van der Waals surface area contributed by atoms with Crippen LogP contribution in [-0.4, -0.2) is 54.5 Å². The van der Waals surface area contributed by atoms with E-state index in [-0.39, 0.29) is 5.82 Å². The number of ether oxygens (including phenoxy) is 1. The summed E-state index contributed by atoms with van der Waals surface area (Å²) in [5.74, 6) is -0.0888. The third-order valence-corrected chi connectivity index (χ3v) is 10.1. The number of anilines is 1. The minimum absolute atomic E-state index is 0.0888. The Bertz CT molecular complexity index is 1260. The first kappa shape index (κ1) is 25.3. The number of nitrogens with zero attached hydrogens (tertiary/aromatic N) is 2. The molecule has 2 aliphatic heterocycles. The van der Waals surface area contributed by atoms with Crippen LogP contribution in [0.4, 0.5) is 5.82 Å². The number of nitrogens with two attached hydrogens (primary N) is 1. The van der Waals surface area contributed by atoms with Crippen LogP contribution >= 0.6 is 23.5 Å². The van der Waals surface area contributed by atoms with Crippen LogP contribution in [-0.2, 0) is 35.9 Å². The Balaban J connectivity index is 1.55. The largest absolute Gasteiger partial charge is 0.492 e. The predicted octanol–water partition coefficient (Wildman–Crippen LogP) is 0.501. The van der Waals surface area contributed by atoms with Crippen molar-refractivity contribution in [1.82, 2.24) is 9.55 Å². The average Bonchev–Trinajstić information content (AvgIpc) is 2.99. The van der Waals surface area contributed by atoms with E-state index in [1.165, 1.54) is 6.20 Å². The third kappa shape index (κ3) is 5.24.